The molecule has 0 aliphatic heterocycles. The van der Waals surface area contributed by atoms with E-state index in [1.54, 1.807) is 0 Å². The van der Waals surface area contributed by atoms with E-state index in [0.29, 0.717) is 0 Å². The van der Waals surface area contributed by atoms with E-state index in [9.17, 15) is 9.59 Å². The van der Waals surface area contributed by atoms with Crippen molar-refractivity contribution in [2.45, 2.75) is 6.54 Å². The van der Waals surface area contributed by atoms with Gasteiger partial charge in [0.2, 0.25) is 0 Å². The lowest BCUT2D eigenvalue weighted by Crippen LogP contribution is -2.26. The van der Waals surface area contributed by atoms with Crippen LogP contribution in [0.1, 0.15) is 0 Å². The van der Waals surface area contributed by atoms with Gasteiger partial charge in [-0.25, -0.2) is 0 Å². The van der Waals surface area contributed by atoms with Crippen LogP contribution >= 0.6 is 0 Å². The number of carboxylic acid groups (broad SMARTS) is 1. The first-order valence-corrected chi connectivity index (χ1v) is 3.66. The number of carboxylic acids is 1. The van der Waals surface area contributed by atoms with Gasteiger partial charge in [-0.1, -0.05) is 0 Å². The monoisotopic (exact) mass is 195 g/mol. The van der Waals surface area contributed by atoms with Gasteiger partial charge in [0.25, 0.3) is 11.3 Å². The van der Waals surface area contributed by atoms with E-state index in [-0.39, 0.29) is 5.78 Å². The Morgan fingerprint density at radius 3 is 3.07 bits per heavy atom. The molecule has 2 heterocycles. The number of hydrogen-bond donors (Lipinski definition) is 1. The molecule has 0 saturated carbocycles. The summed E-state index contributed by atoms with van der Waals surface area (Å²) in [5.74, 6) is -1.01. The first-order valence-electron chi connectivity index (χ1n) is 3.66. The Morgan fingerprint density at radius 2 is 2.36 bits per heavy atom. The van der Waals surface area contributed by atoms with E-state index in [1.165, 1.54) is 10.8 Å². The summed E-state index contributed by atoms with van der Waals surface area (Å²) in [6.07, 6.45) is 2.30. The normalized spacial score (nSPS) is 10.6. The lowest BCUT2D eigenvalue weighted by Gasteiger charge is -2.00. The lowest BCUT2D eigenvalue weighted by molar-refractivity contribution is -0.137. The fraction of sp³-hybridized carbons (Fsp3) is 0.167. The fourth-order valence-electron chi connectivity index (χ4n) is 1.05. The SMILES string of the molecule is O=C(O)Cn1c(=O)cnn2cnnc12. The molecule has 0 aliphatic rings. The number of fused-ring (bicyclic) bond motifs is 1. The quantitative estimate of drug-likeness (QED) is 0.617. The van der Waals surface area contributed by atoms with Gasteiger partial charge in [0.1, 0.15) is 19.1 Å². The van der Waals surface area contributed by atoms with E-state index in [0.717, 1.165) is 10.8 Å². The topological polar surface area (TPSA) is 102 Å². The fourth-order valence-corrected chi connectivity index (χ4v) is 1.05. The van der Waals surface area contributed by atoms with Crippen molar-refractivity contribution in [3.05, 3.63) is 22.9 Å². The van der Waals surface area contributed by atoms with Crippen molar-refractivity contribution < 1.29 is 9.90 Å². The minimum atomic E-state index is -1.12. The molecular formula is C6H5N5O3. The largest absolute Gasteiger partial charge is 0.480 e. The summed E-state index contributed by atoms with van der Waals surface area (Å²) >= 11 is 0. The molecule has 2 rings (SSSR count). The van der Waals surface area contributed by atoms with Gasteiger partial charge >= 0.3 is 5.97 Å². The number of rotatable bonds is 2. The van der Waals surface area contributed by atoms with Crippen LogP contribution in [-0.2, 0) is 11.3 Å². The van der Waals surface area contributed by atoms with Crippen LogP contribution in [0.2, 0.25) is 0 Å². The molecule has 0 aliphatic carbocycles. The molecule has 8 heteroatoms. The minimum Gasteiger partial charge on any atom is -0.480 e. The van der Waals surface area contributed by atoms with Crippen LogP contribution in [0, 0.1) is 0 Å². The number of carbonyl (C=O) groups is 1. The third-order valence-electron chi connectivity index (χ3n) is 1.61. The van der Waals surface area contributed by atoms with Crippen LogP contribution in [-0.4, -0.2) is 35.5 Å². The third-order valence-corrected chi connectivity index (χ3v) is 1.61. The summed E-state index contributed by atoms with van der Waals surface area (Å²) in [5.41, 5.74) is -0.520. The second-order valence-electron chi connectivity index (χ2n) is 2.54. The van der Waals surface area contributed by atoms with Crippen molar-refractivity contribution in [1.82, 2.24) is 24.4 Å². The third kappa shape index (κ3) is 1.22. The molecule has 0 saturated heterocycles. The Kier molecular flexibility index (Phi) is 1.73. The maximum atomic E-state index is 11.2. The van der Waals surface area contributed by atoms with Crippen LogP contribution < -0.4 is 5.56 Å². The molecule has 14 heavy (non-hydrogen) atoms. The number of aliphatic carboxylic acids is 1. The van der Waals surface area contributed by atoms with Gasteiger partial charge in [0, 0.05) is 0 Å². The summed E-state index contributed by atoms with van der Waals surface area (Å²) in [6.45, 7) is -0.455. The van der Waals surface area contributed by atoms with Gasteiger partial charge in [-0.3, -0.25) is 14.2 Å². The predicted molar refractivity (Wildman–Crippen MR) is 42.7 cm³/mol. The van der Waals surface area contributed by atoms with Crippen molar-refractivity contribution in [3.8, 4) is 0 Å². The molecular weight excluding hydrogens is 190 g/mol. The highest BCUT2D eigenvalue weighted by Gasteiger charge is 2.08. The zero-order chi connectivity index (χ0) is 10.1. The Labute approximate surface area is 76.4 Å². The van der Waals surface area contributed by atoms with E-state index in [1.807, 2.05) is 0 Å². The molecule has 1 N–H and O–H groups in total. The first-order chi connectivity index (χ1) is 6.68. The summed E-state index contributed by atoms with van der Waals surface area (Å²) in [6, 6.07) is 0. The molecule has 0 aromatic carbocycles. The summed E-state index contributed by atoms with van der Waals surface area (Å²) in [7, 11) is 0. The Balaban J connectivity index is 2.70. The van der Waals surface area contributed by atoms with Crippen molar-refractivity contribution in [1.29, 1.82) is 0 Å². The molecule has 72 valence electrons. The van der Waals surface area contributed by atoms with E-state index in [2.05, 4.69) is 15.3 Å². The van der Waals surface area contributed by atoms with Crippen LogP contribution in [0.25, 0.3) is 5.78 Å². The molecule has 0 amide bonds. The van der Waals surface area contributed by atoms with E-state index in [4.69, 9.17) is 5.11 Å². The van der Waals surface area contributed by atoms with Crippen LogP contribution in [0.3, 0.4) is 0 Å². The standard InChI is InChI=1S/C6H5N5O3/c12-4-1-8-11-3-7-9-6(11)10(4)2-5(13)14/h1,3H,2H2,(H,13,14). The van der Waals surface area contributed by atoms with Crippen molar-refractivity contribution in [2.24, 2.45) is 0 Å². The maximum Gasteiger partial charge on any atom is 0.323 e. The number of nitrogens with zero attached hydrogens (tertiary/aromatic N) is 5. The molecule has 2 aromatic rings. The van der Waals surface area contributed by atoms with Crippen molar-refractivity contribution >= 4 is 11.7 Å². The average Bonchev–Trinajstić information content (AvgIpc) is 2.57. The highest BCUT2D eigenvalue weighted by Crippen LogP contribution is 1.91. The Bertz CT molecular complexity index is 542. The highest BCUT2D eigenvalue weighted by molar-refractivity contribution is 5.67. The van der Waals surface area contributed by atoms with Crippen molar-refractivity contribution in [3.63, 3.8) is 0 Å². The van der Waals surface area contributed by atoms with Gasteiger partial charge in [-0.2, -0.15) is 9.61 Å². The molecule has 0 atom stereocenters. The second-order valence-corrected chi connectivity index (χ2v) is 2.54. The van der Waals surface area contributed by atoms with Gasteiger partial charge in [-0.15, -0.1) is 10.2 Å². The summed E-state index contributed by atoms with van der Waals surface area (Å²) < 4.78 is 2.20. The van der Waals surface area contributed by atoms with Gasteiger partial charge < -0.3 is 5.11 Å². The van der Waals surface area contributed by atoms with E-state index < -0.39 is 18.1 Å². The zero-order valence-corrected chi connectivity index (χ0v) is 6.86. The zero-order valence-electron chi connectivity index (χ0n) is 6.86. The molecule has 0 unspecified atom stereocenters. The van der Waals surface area contributed by atoms with E-state index >= 15 is 0 Å². The van der Waals surface area contributed by atoms with Gasteiger partial charge in [0.15, 0.2) is 0 Å². The Hall–Kier alpha value is -2.25. The first kappa shape index (κ1) is 8.35. The number of hydrogen-bond acceptors (Lipinski definition) is 5. The summed E-state index contributed by atoms with van der Waals surface area (Å²) in [5, 5.41) is 19.3. The molecule has 0 fully saturated rings. The molecule has 0 spiro atoms. The molecule has 2 aromatic heterocycles. The average molecular weight is 195 g/mol. The predicted octanol–water partition coefficient (Wildman–Crippen LogP) is -1.63. The summed E-state index contributed by atoms with van der Waals surface area (Å²) in [4.78, 5) is 21.7. The smallest absolute Gasteiger partial charge is 0.323 e. The lowest BCUT2D eigenvalue weighted by atomic mass is 10.6. The van der Waals surface area contributed by atoms with Crippen molar-refractivity contribution in [2.75, 3.05) is 0 Å². The van der Waals surface area contributed by atoms with Crippen LogP contribution in [0.15, 0.2) is 17.3 Å². The van der Waals surface area contributed by atoms with Crippen LogP contribution in [0.5, 0.6) is 0 Å². The molecule has 0 bridgehead atoms. The number of aromatic nitrogens is 5. The minimum absolute atomic E-state index is 0.111. The van der Waals surface area contributed by atoms with Crippen LogP contribution in [0.4, 0.5) is 0 Å². The maximum absolute atomic E-state index is 11.2. The second kappa shape index (κ2) is 2.91. The highest BCUT2D eigenvalue weighted by atomic mass is 16.4. The molecule has 0 radical (unpaired) electrons. The van der Waals surface area contributed by atoms with Gasteiger partial charge in [0.05, 0.1) is 0 Å². The Morgan fingerprint density at radius 1 is 1.57 bits per heavy atom. The van der Waals surface area contributed by atoms with Gasteiger partial charge in [-0.05, 0) is 0 Å². The molecule has 8 nitrogen and oxygen atoms in total.